The highest BCUT2D eigenvalue weighted by Gasteiger charge is 2.22. The Bertz CT molecular complexity index is 1490. The van der Waals surface area contributed by atoms with Gasteiger partial charge in [0, 0.05) is 5.39 Å². The van der Waals surface area contributed by atoms with E-state index in [0.717, 1.165) is 32.4 Å². The van der Waals surface area contributed by atoms with Crippen LogP contribution in [0.4, 0.5) is 10.9 Å². The van der Waals surface area contributed by atoms with Crippen molar-refractivity contribution >= 4 is 49.4 Å². The average Bonchev–Trinajstić information content (AvgIpc) is 3.42. The summed E-state index contributed by atoms with van der Waals surface area (Å²) in [7, 11) is 1.63. The van der Waals surface area contributed by atoms with Gasteiger partial charge < -0.3 is 14.8 Å². The molecule has 0 aliphatic carbocycles. The fraction of sp³-hybridized carbons (Fsp3) is 0.167. The van der Waals surface area contributed by atoms with Crippen molar-refractivity contribution in [2.75, 3.05) is 19.0 Å². The van der Waals surface area contributed by atoms with Gasteiger partial charge in [0.2, 0.25) is 0 Å². The molecule has 0 unspecified atom stereocenters. The highest BCUT2D eigenvalue weighted by molar-refractivity contribution is 7.22. The molecule has 0 radical (unpaired) electrons. The predicted octanol–water partition coefficient (Wildman–Crippen LogP) is 5.27. The van der Waals surface area contributed by atoms with Gasteiger partial charge in [-0.3, -0.25) is 0 Å². The summed E-state index contributed by atoms with van der Waals surface area (Å²) in [5, 5.41) is 9.42. The highest BCUT2D eigenvalue weighted by atomic mass is 32.1. The van der Waals surface area contributed by atoms with Crippen molar-refractivity contribution in [1.29, 1.82) is 0 Å². The van der Waals surface area contributed by atoms with E-state index in [4.69, 9.17) is 14.5 Å². The van der Waals surface area contributed by atoms with Crippen molar-refractivity contribution in [2.24, 2.45) is 0 Å². The number of nitrogens with zero attached hydrogens (tertiary/aromatic N) is 4. The first-order valence-corrected chi connectivity index (χ1v) is 11.2. The number of carbonyl (C=O) groups is 1. The van der Waals surface area contributed by atoms with E-state index in [1.807, 2.05) is 55.5 Å². The van der Waals surface area contributed by atoms with Gasteiger partial charge in [0.1, 0.15) is 11.3 Å². The molecule has 0 spiro atoms. The lowest BCUT2D eigenvalue weighted by molar-refractivity contribution is 0.0527. The number of hydrogen-bond acceptors (Lipinski definition) is 8. The van der Waals surface area contributed by atoms with Crippen LogP contribution in [0.3, 0.4) is 0 Å². The molecule has 0 aliphatic rings. The van der Waals surface area contributed by atoms with Crippen LogP contribution in [-0.4, -0.2) is 39.4 Å². The number of pyridine rings is 1. The molecule has 2 aromatic carbocycles. The molecule has 33 heavy (non-hydrogen) atoms. The van der Waals surface area contributed by atoms with Gasteiger partial charge >= 0.3 is 5.97 Å². The van der Waals surface area contributed by atoms with Gasteiger partial charge in [-0.05, 0) is 49.7 Å². The number of benzene rings is 2. The summed E-state index contributed by atoms with van der Waals surface area (Å²) in [6.07, 6.45) is 1.49. The Kier molecular flexibility index (Phi) is 5.39. The average molecular weight is 460 g/mol. The van der Waals surface area contributed by atoms with Crippen molar-refractivity contribution in [3.63, 3.8) is 0 Å². The number of esters is 1. The molecule has 0 saturated heterocycles. The van der Waals surface area contributed by atoms with Crippen molar-refractivity contribution < 1.29 is 14.3 Å². The third-order valence-electron chi connectivity index (χ3n) is 5.21. The van der Waals surface area contributed by atoms with Crippen LogP contribution in [0.2, 0.25) is 0 Å². The van der Waals surface area contributed by atoms with Gasteiger partial charge in [0.25, 0.3) is 0 Å². The lowest BCUT2D eigenvalue weighted by Gasteiger charge is -2.11. The molecule has 3 aromatic heterocycles. The number of rotatable bonds is 6. The number of aryl methyl sites for hydroxylation is 1. The van der Waals surface area contributed by atoms with Gasteiger partial charge in [-0.2, -0.15) is 9.78 Å². The van der Waals surface area contributed by atoms with Crippen LogP contribution in [0.25, 0.3) is 26.9 Å². The first-order valence-electron chi connectivity index (χ1n) is 10.4. The van der Waals surface area contributed by atoms with Crippen LogP contribution in [0.5, 0.6) is 5.75 Å². The second-order valence-corrected chi connectivity index (χ2v) is 8.36. The molecule has 9 heteroatoms. The number of methoxy groups -OCH3 is 1. The standard InChI is InChI=1S/C24H21N5O3S/c1-4-32-23(30)17-13-25-29(21-11-14(2)16-7-5-6-8-18(16)26-21)22(17)28-24-27-19-10-9-15(31-3)12-20(19)33-24/h5-13H,4H2,1-3H3,(H,27,28). The van der Waals surface area contributed by atoms with Gasteiger partial charge in [-0.25, -0.2) is 14.8 Å². The van der Waals surface area contributed by atoms with E-state index in [2.05, 4.69) is 15.4 Å². The minimum atomic E-state index is -0.466. The van der Waals surface area contributed by atoms with E-state index < -0.39 is 5.97 Å². The number of ether oxygens (including phenoxy) is 2. The van der Waals surface area contributed by atoms with E-state index in [1.165, 1.54) is 17.5 Å². The summed E-state index contributed by atoms with van der Waals surface area (Å²) >= 11 is 1.45. The van der Waals surface area contributed by atoms with E-state index >= 15 is 0 Å². The van der Waals surface area contributed by atoms with Crippen molar-refractivity contribution in [3.05, 3.63) is 65.9 Å². The lowest BCUT2D eigenvalue weighted by atomic mass is 10.1. The number of nitrogens with one attached hydrogen (secondary N) is 1. The van der Waals surface area contributed by atoms with E-state index in [-0.39, 0.29) is 6.61 Å². The molecule has 0 atom stereocenters. The number of thiazole rings is 1. The van der Waals surface area contributed by atoms with E-state index in [9.17, 15) is 4.79 Å². The lowest BCUT2D eigenvalue weighted by Crippen LogP contribution is -2.10. The fourth-order valence-electron chi connectivity index (χ4n) is 3.63. The molecule has 0 fully saturated rings. The molecule has 3 heterocycles. The highest BCUT2D eigenvalue weighted by Crippen LogP contribution is 2.33. The molecule has 5 rings (SSSR count). The van der Waals surface area contributed by atoms with Crippen LogP contribution in [0.1, 0.15) is 22.8 Å². The molecule has 1 N–H and O–H groups in total. The molecule has 166 valence electrons. The first kappa shape index (κ1) is 20.9. The third-order valence-corrected chi connectivity index (χ3v) is 6.15. The Morgan fingerprint density at radius 1 is 1.12 bits per heavy atom. The van der Waals surface area contributed by atoms with Crippen LogP contribution < -0.4 is 10.1 Å². The molecular weight excluding hydrogens is 438 g/mol. The van der Waals surface area contributed by atoms with Crippen molar-refractivity contribution in [1.82, 2.24) is 19.7 Å². The maximum absolute atomic E-state index is 12.7. The van der Waals surface area contributed by atoms with Gasteiger partial charge in [-0.15, -0.1) is 0 Å². The number of anilines is 2. The van der Waals surface area contributed by atoms with Crippen molar-refractivity contribution in [2.45, 2.75) is 13.8 Å². The van der Waals surface area contributed by atoms with Crippen molar-refractivity contribution in [3.8, 4) is 11.6 Å². The molecule has 0 aliphatic heterocycles. The monoisotopic (exact) mass is 459 g/mol. The number of aromatic nitrogens is 4. The molecule has 0 bridgehead atoms. The summed E-state index contributed by atoms with van der Waals surface area (Å²) in [6.45, 7) is 4.06. The maximum atomic E-state index is 12.7. The van der Waals surface area contributed by atoms with Crippen LogP contribution in [0.15, 0.2) is 54.7 Å². The second kappa shape index (κ2) is 8.51. The number of fused-ring (bicyclic) bond motifs is 2. The quantitative estimate of drug-likeness (QED) is 0.346. The number of hydrogen-bond donors (Lipinski definition) is 1. The zero-order valence-corrected chi connectivity index (χ0v) is 19.1. The minimum absolute atomic E-state index is 0.262. The van der Waals surface area contributed by atoms with Gasteiger partial charge in [-0.1, -0.05) is 29.5 Å². The summed E-state index contributed by atoms with van der Waals surface area (Å²) in [5.41, 5.74) is 3.04. The smallest absolute Gasteiger partial charge is 0.343 e. The Labute approximate surface area is 193 Å². The van der Waals surface area contributed by atoms with E-state index in [0.29, 0.717) is 22.3 Å². The Balaban J connectivity index is 1.62. The second-order valence-electron chi connectivity index (χ2n) is 7.33. The zero-order valence-electron chi connectivity index (χ0n) is 18.3. The predicted molar refractivity (Wildman–Crippen MR) is 129 cm³/mol. The summed E-state index contributed by atoms with van der Waals surface area (Å²) in [6, 6.07) is 15.5. The normalized spacial score (nSPS) is 11.1. The largest absolute Gasteiger partial charge is 0.497 e. The molecule has 8 nitrogen and oxygen atoms in total. The Morgan fingerprint density at radius 2 is 1.97 bits per heavy atom. The number of carbonyl (C=O) groups excluding carboxylic acids is 1. The SMILES string of the molecule is CCOC(=O)c1cnn(-c2cc(C)c3ccccc3n2)c1Nc1nc2ccc(OC)cc2s1. The first-order chi connectivity index (χ1) is 16.1. The third kappa shape index (κ3) is 3.87. The van der Waals surface area contributed by atoms with E-state index in [1.54, 1.807) is 18.7 Å². The van der Waals surface area contributed by atoms with Gasteiger partial charge in [0.15, 0.2) is 16.8 Å². The topological polar surface area (TPSA) is 91.2 Å². The zero-order chi connectivity index (χ0) is 22.9. The van der Waals surface area contributed by atoms with Crippen LogP contribution in [0, 0.1) is 6.92 Å². The Hall–Kier alpha value is -3.98. The Morgan fingerprint density at radius 3 is 2.79 bits per heavy atom. The molecule has 0 amide bonds. The molecular formula is C24H21N5O3S. The fourth-order valence-corrected chi connectivity index (χ4v) is 4.52. The van der Waals surface area contributed by atoms with Crippen LogP contribution >= 0.6 is 11.3 Å². The summed E-state index contributed by atoms with van der Waals surface area (Å²) in [4.78, 5) is 22.1. The minimum Gasteiger partial charge on any atom is -0.497 e. The van der Waals surface area contributed by atoms with Gasteiger partial charge in [0.05, 0.1) is 35.6 Å². The summed E-state index contributed by atoms with van der Waals surface area (Å²) in [5.74, 6) is 1.33. The molecule has 5 aromatic rings. The molecule has 0 saturated carbocycles. The maximum Gasteiger partial charge on any atom is 0.343 e. The van der Waals surface area contributed by atoms with Crippen LogP contribution in [-0.2, 0) is 4.74 Å². The summed E-state index contributed by atoms with van der Waals surface area (Å²) < 4.78 is 13.1. The number of para-hydroxylation sites is 1.